The molecule has 0 aromatic heterocycles. The van der Waals surface area contributed by atoms with Crippen LogP contribution in [0, 0.1) is 5.92 Å². The summed E-state index contributed by atoms with van der Waals surface area (Å²) in [6.45, 7) is 12.1. The zero-order valence-corrected chi connectivity index (χ0v) is 14.4. The number of hydrogen-bond acceptors (Lipinski definition) is 1. The number of rotatable bonds is 7. The van der Waals surface area contributed by atoms with Gasteiger partial charge >= 0.3 is 0 Å². The molecule has 0 saturated carbocycles. The van der Waals surface area contributed by atoms with Gasteiger partial charge in [-0.05, 0) is 68.8 Å². The van der Waals surface area contributed by atoms with Crippen molar-refractivity contribution in [2.75, 3.05) is 19.6 Å². The molecule has 0 unspecified atom stereocenters. The van der Waals surface area contributed by atoms with Crippen molar-refractivity contribution in [3.05, 3.63) is 47.7 Å². The first-order chi connectivity index (χ1) is 10.7. The molecule has 0 aliphatic carbocycles. The zero-order valence-electron chi connectivity index (χ0n) is 14.4. The molecule has 1 aromatic carbocycles. The standard InChI is InChI=1S/C21H31N/c1-4-21(18(2)3)20-13-11-19(12-14-20)10-6-9-17-22-15-7-5-8-16-22/h11-14,18H,1,5-10,15-17H2,2-3H3. The molecule has 2 rings (SSSR count). The number of benzene rings is 1. The van der Waals surface area contributed by atoms with Crippen LogP contribution in [-0.2, 0) is 6.42 Å². The molecule has 1 aliphatic heterocycles. The lowest BCUT2D eigenvalue weighted by Gasteiger charge is -2.26. The summed E-state index contributed by atoms with van der Waals surface area (Å²) in [7, 11) is 0. The molecule has 1 aliphatic rings. The molecule has 0 atom stereocenters. The Morgan fingerprint density at radius 2 is 1.77 bits per heavy atom. The summed E-state index contributed by atoms with van der Waals surface area (Å²) in [5.41, 5.74) is 7.03. The van der Waals surface area contributed by atoms with E-state index in [9.17, 15) is 0 Å². The summed E-state index contributed by atoms with van der Waals surface area (Å²) >= 11 is 0. The Labute approximate surface area is 136 Å². The summed E-state index contributed by atoms with van der Waals surface area (Å²) in [5.74, 6) is 0.480. The van der Waals surface area contributed by atoms with E-state index < -0.39 is 0 Å². The third kappa shape index (κ3) is 5.16. The lowest BCUT2D eigenvalue weighted by Crippen LogP contribution is -2.30. The summed E-state index contributed by atoms with van der Waals surface area (Å²) in [6, 6.07) is 9.01. The molecule has 0 spiro atoms. The smallest absolute Gasteiger partial charge is 0.00313 e. The van der Waals surface area contributed by atoms with Gasteiger partial charge in [0.25, 0.3) is 0 Å². The van der Waals surface area contributed by atoms with Gasteiger partial charge < -0.3 is 4.90 Å². The molecule has 120 valence electrons. The average Bonchev–Trinajstić information content (AvgIpc) is 2.54. The normalized spacial score (nSPS) is 15.8. The van der Waals surface area contributed by atoms with Crippen LogP contribution in [-0.4, -0.2) is 24.5 Å². The Morgan fingerprint density at radius 1 is 1.09 bits per heavy atom. The molecule has 1 saturated heterocycles. The largest absolute Gasteiger partial charge is 0.303 e. The fraction of sp³-hybridized carbons (Fsp3) is 0.571. The van der Waals surface area contributed by atoms with Crippen molar-refractivity contribution in [2.24, 2.45) is 5.92 Å². The van der Waals surface area contributed by atoms with Crippen LogP contribution in [0.25, 0.3) is 5.57 Å². The van der Waals surface area contributed by atoms with Gasteiger partial charge in [0, 0.05) is 5.57 Å². The maximum absolute atomic E-state index is 3.82. The number of likely N-dealkylation sites (tertiary alicyclic amines) is 1. The van der Waals surface area contributed by atoms with Crippen molar-refractivity contribution in [3.63, 3.8) is 0 Å². The Hall–Kier alpha value is -1.30. The van der Waals surface area contributed by atoms with E-state index in [2.05, 4.69) is 55.3 Å². The second-order valence-electron chi connectivity index (χ2n) is 6.80. The van der Waals surface area contributed by atoms with Crippen LogP contribution in [0.5, 0.6) is 0 Å². The molecule has 1 nitrogen and oxygen atoms in total. The van der Waals surface area contributed by atoms with E-state index in [1.807, 2.05) is 0 Å². The topological polar surface area (TPSA) is 3.24 Å². The summed E-state index contributed by atoms with van der Waals surface area (Å²) in [6.07, 6.45) is 8.05. The third-order valence-corrected chi connectivity index (χ3v) is 4.67. The molecule has 0 amide bonds. The zero-order chi connectivity index (χ0) is 15.8. The van der Waals surface area contributed by atoms with Crippen LogP contribution in [0.4, 0.5) is 0 Å². The van der Waals surface area contributed by atoms with Crippen molar-refractivity contribution in [1.82, 2.24) is 4.90 Å². The van der Waals surface area contributed by atoms with Gasteiger partial charge in [-0.2, -0.15) is 0 Å². The van der Waals surface area contributed by atoms with Crippen molar-refractivity contribution in [1.29, 1.82) is 0 Å². The summed E-state index contributed by atoms with van der Waals surface area (Å²) in [5, 5.41) is 0. The minimum atomic E-state index is 0.480. The molecule has 1 heterocycles. The van der Waals surface area contributed by atoms with Crippen LogP contribution >= 0.6 is 0 Å². The van der Waals surface area contributed by atoms with Gasteiger partial charge in [-0.15, -0.1) is 5.73 Å². The first kappa shape index (κ1) is 17.1. The number of aryl methyl sites for hydroxylation is 1. The van der Waals surface area contributed by atoms with E-state index in [-0.39, 0.29) is 0 Å². The second-order valence-corrected chi connectivity index (χ2v) is 6.80. The molecule has 1 heteroatoms. The Kier molecular flexibility index (Phi) is 6.96. The monoisotopic (exact) mass is 297 g/mol. The van der Waals surface area contributed by atoms with E-state index in [1.54, 1.807) is 0 Å². The number of nitrogens with zero attached hydrogens (tertiary/aromatic N) is 1. The lowest BCUT2D eigenvalue weighted by molar-refractivity contribution is 0.225. The number of allylic oxidation sites excluding steroid dienone is 1. The van der Waals surface area contributed by atoms with Crippen molar-refractivity contribution < 1.29 is 0 Å². The average molecular weight is 297 g/mol. The first-order valence-electron chi connectivity index (χ1n) is 8.92. The van der Waals surface area contributed by atoms with E-state index in [4.69, 9.17) is 0 Å². The molecule has 22 heavy (non-hydrogen) atoms. The SMILES string of the molecule is C=C=C(c1ccc(CCCCN2CCCCC2)cc1)C(C)C. The highest BCUT2D eigenvalue weighted by Gasteiger charge is 2.09. The van der Waals surface area contributed by atoms with Gasteiger partial charge in [-0.3, -0.25) is 0 Å². The van der Waals surface area contributed by atoms with E-state index in [1.165, 1.54) is 74.9 Å². The highest BCUT2D eigenvalue weighted by Crippen LogP contribution is 2.22. The number of piperidine rings is 1. The van der Waals surface area contributed by atoms with E-state index >= 15 is 0 Å². The predicted molar refractivity (Wildman–Crippen MR) is 97.1 cm³/mol. The van der Waals surface area contributed by atoms with Gasteiger partial charge in [0.05, 0.1) is 0 Å². The second kappa shape index (κ2) is 8.98. The Bertz CT molecular complexity index is 485. The lowest BCUT2D eigenvalue weighted by atomic mass is 9.95. The minimum Gasteiger partial charge on any atom is -0.303 e. The van der Waals surface area contributed by atoms with Crippen LogP contribution in [0.1, 0.15) is 57.1 Å². The van der Waals surface area contributed by atoms with Crippen molar-refractivity contribution >= 4 is 5.57 Å². The number of unbranched alkanes of at least 4 members (excludes halogenated alkanes) is 1. The van der Waals surface area contributed by atoms with Gasteiger partial charge in [0.1, 0.15) is 0 Å². The van der Waals surface area contributed by atoms with Crippen molar-refractivity contribution in [2.45, 2.75) is 52.4 Å². The predicted octanol–water partition coefficient (Wildman–Crippen LogP) is 5.32. The first-order valence-corrected chi connectivity index (χ1v) is 8.92. The van der Waals surface area contributed by atoms with Crippen LogP contribution in [0.3, 0.4) is 0 Å². The fourth-order valence-electron chi connectivity index (χ4n) is 3.34. The van der Waals surface area contributed by atoms with Gasteiger partial charge in [-0.1, -0.05) is 51.1 Å². The number of hydrogen-bond donors (Lipinski definition) is 0. The van der Waals surface area contributed by atoms with Crippen LogP contribution in [0.15, 0.2) is 36.6 Å². The quantitative estimate of drug-likeness (QED) is 0.486. The van der Waals surface area contributed by atoms with Crippen LogP contribution in [0.2, 0.25) is 0 Å². The maximum atomic E-state index is 3.82. The van der Waals surface area contributed by atoms with E-state index in [0.717, 1.165) is 0 Å². The highest BCUT2D eigenvalue weighted by atomic mass is 15.1. The Morgan fingerprint density at radius 3 is 2.36 bits per heavy atom. The van der Waals surface area contributed by atoms with Crippen molar-refractivity contribution in [3.8, 4) is 0 Å². The third-order valence-electron chi connectivity index (χ3n) is 4.67. The Balaban J connectivity index is 1.75. The molecule has 0 N–H and O–H groups in total. The minimum absolute atomic E-state index is 0.480. The highest BCUT2D eigenvalue weighted by molar-refractivity contribution is 5.66. The summed E-state index contributed by atoms with van der Waals surface area (Å²) < 4.78 is 0. The molecule has 1 fully saturated rings. The maximum Gasteiger partial charge on any atom is 0.00313 e. The van der Waals surface area contributed by atoms with Gasteiger partial charge in [-0.25, -0.2) is 0 Å². The molecular weight excluding hydrogens is 266 g/mol. The fourth-order valence-corrected chi connectivity index (χ4v) is 3.34. The van der Waals surface area contributed by atoms with Crippen LogP contribution < -0.4 is 0 Å². The molecule has 0 radical (unpaired) electrons. The van der Waals surface area contributed by atoms with Gasteiger partial charge in [0.15, 0.2) is 0 Å². The summed E-state index contributed by atoms with van der Waals surface area (Å²) in [4.78, 5) is 2.64. The molecule has 1 aromatic rings. The van der Waals surface area contributed by atoms with E-state index in [0.29, 0.717) is 5.92 Å². The molecule has 0 bridgehead atoms. The molecular formula is C21H31N. The van der Waals surface area contributed by atoms with Gasteiger partial charge in [0.2, 0.25) is 0 Å².